The molecule has 16 heavy (non-hydrogen) atoms. The van der Waals surface area contributed by atoms with Gasteiger partial charge in [-0.3, -0.25) is 0 Å². The molecule has 0 aromatic heterocycles. The van der Waals surface area contributed by atoms with Gasteiger partial charge in [-0.1, -0.05) is 30.3 Å². The number of nitrogens with one attached hydrogen (secondary N) is 1. The van der Waals surface area contributed by atoms with Gasteiger partial charge in [-0.15, -0.1) is 6.58 Å². The number of hydrogen-bond donors (Lipinski definition) is 1. The predicted molar refractivity (Wildman–Crippen MR) is 69.8 cm³/mol. The first-order chi connectivity index (χ1) is 7.86. The van der Waals surface area contributed by atoms with Gasteiger partial charge >= 0.3 is 0 Å². The van der Waals surface area contributed by atoms with E-state index in [9.17, 15) is 0 Å². The molecule has 0 saturated heterocycles. The van der Waals surface area contributed by atoms with Crippen LogP contribution in [0.1, 0.15) is 36.3 Å². The van der Waals surface area contributed by atoms with Crippen LogP contribution in [0.5, 0.6) is 0 Å². The van der Waals surface area contributed by atoms with Gasteiger partial charge in [0, 0.05) is 12.0 Å². The summed E-state index contributed by atoms with van der Waals surface area (Å²) < 4.78 is 0. The van der Waals surface area contributed by atoms with Gasteiger partial charge in [0.1, 0.15) is 0 Å². The number of hydrogen-bond acceptors (Lipinski definition) is 1. The monoisotopic (exact) mass is 215 g/mol. The number of unbranched alkanes of at least 4 members (excludes halogenated alkanes) is 1. The molecule has 0 radical (unpaired) electrons. The molecule has 2 atom stereocenters. The summed E-state index contributed by atoms with van der Waals surface area (Å²) >= 11 is 0. The van der Waals surface area contributed by atoms with Crippen LogP contribution < -0.4 is 5.32 Å². The van der Waals surface area contributed by atoms with Gasteiger partial charge in [-0.2, -0.15) is 0 Å². The van der Waals surface area contributed by atoms with Gasteiger partial charge in [0.25, 0.3) is 0 Å². The molecule has 1 N–H and O–H groups in total. The van der Waals surface area contributed by atoms with Crippen LogP contribution >= 0.6 is 0 Å². The summed E-state index contributed by atoms with van der Waals surface area (Å²) in [7, 11) is 2.08. The van der Waals surface area contributed by atoms with E-state index >= 15 is 0 Å². The molecule has 1 nitrogen and oxygen atoms in total. The topological polar surface area (TPSA) is 12.0 Å². The molecule has 0 bridgehead atoms. The molecule has 2 unspecified atom stereocenters. The van der Waals surface area contributed by atoms with Gasteiger partial charge in [0.15, 0.2) is 0 Å². The summed E-state index contributed by atoms with van der Waals surface area (Å²) in [6, 6.07) is 9.46. The maximum atomic E-state index is 3.78. The van der Waals surface area contributed by atoms with Crippen molar-refractivity contribution in [1.82, 2.24) is 5.32 Å². The van der Waals surface area contributed by atoms with Crippen LogP contribution in [-0.4, -0.2) is 13.1 Å². The average molecular weight is 215 g/mol. The lowest BCUT2D eigenvalue weighted by molar-refractivity contribution is 0.395. The third kappa shape index (κ3) is 2.19. The highest BCUT2D eigenvalue weighted by molar-refractivity contribution is 5.41. The summed E-state index contributed by atoms with van der Waals surface area (Å²) in [5.41, 5.74) is 3.09. The molecule has 1 aromatic carbocycles. The fraction of sp³-hybridized carbons (Fsp3) is 0.467. The minimum atomic E-state index is 0.634. The summed E-state index contributed by atoms with van der Waals surface area (Å²) in [6.45, 7) is 3.78. The van der Waals surface area contributed by atoms with Crippen molar-refractivity contribution in [3.63, 3.8) is 0 Å². The van der Waals surface area contributed by atoms with Crippen LogP contribution in [-0.2, 0) is 6.42 Å². The van der Waals surface area contributed by atoms with Crippen LogP contribution in [0.15, 0.2) is 36.9 Å². The Kier molecular flexibility index (Phi) is 3.79. The maximum Gasteiger partial charge on any atom is 0.0136 e. The number of fused-ring (bicyclic) bond motifs is 1. The Balaban J connectivity index is 1.95. The summed E-state index contributed by atoms with van der Waals surface area (Å²) in [4.78, 5) is 0. The third-order valence-corrected chi connectivity index (χ3v) is 3.67. The zero-order chi connectivity index (χ0) is 11.4. The van der Waals surface area contributed by atoms with Crippen molar-refractivity contribution in [3.8, 4) is 0 Å². The maximum absolute atomic E-state index is 3.78. The third-order valence-electron chi connectivity index (χ3n) is 3.67. The molecule has 2 rings (SSSR count). The van der Waals surface area contributed by atoms with Crippen molar-refractivity contribution in [2.24, 2.45) is 0 Å². The van der Waals surface area contributed by atoms with E-state index in [0.29, 0.717) is 6.04 Å². The predicted octanol–water partition coefficient (Wildman–Crippen LogP) is 3.27. The van der Waals surface area contributed by atoms with Crippen molar-refractivity contribution in [2.75, 3.05) is 7.05 Å². The fourth-order valence-electron chi connectivity index (χ4n) is 2.69. The molecule has 0 heterocycles. The SMILES string of the molecule is C=CCCCC(NC)C1Cc2ccccc21. The Labute approximate surface area is 98.6 Å². The average Bonchev–Trinajstić information content (AvgIpc) is 2.29. The molecular formula is C15H21N. The number of rotatable bonds is 6. The molecule has 0 spiro atoms. The van der Waals surface area contributed by atoms with Crippen LogP contribution in [0.4, 0.5) is 0 Å². The zero-order valence-electron chi connectivity index (χ0n) is 10.1. The van der Waals surface area contributed by atoms with Gasteiger partial charge in [-0.05, 0) is 43.9 Å². The van der Waals surface area contributed by atoms with Crippen molar-refractivity contribution < 1.29 is 0 Å². The second kappa shape index (κ2) is 5.31. The van der Waals surface area contributed by atoms with Gasteiger partial charge < -0.3 is 5.32 Å². The normalized spacial score (nSPS) is 19.7. The smallest absolute Gasteiger partial charge is 0.0136 e. The Bertz CT molecular complexity index is 356. The van der Waals surface area contributed by atoms with Crippen molar-refractivity contribution >= 4 is 0 Å². The lowest BCUT2D eigenvalue weighted by Crippen LogP contribution is -2.38. The molecule has 1 aliphatic rings. The highest BCUT2D eigenvalue weighted by atomic mass is 14.9. The minimum absolute atomic E-state index is 0.634. The first-order valence-electron chi connectivity index (χ1n) is 6.22. The van der Waals surface area contributed by atoms with Crippen LogP contribution in [0, 0.1) is 0 Å². The van der Waals surface area contributed by atoms with E-state index in [1.54, 1.807) is 5.56 Å². The highest BCUT2D eigenvalue weighted by Gasteiger charge is 2.31. The van der Waals surface area contributed by atoms with Crippen molar-refractivity contribution in [2.45, 2.75) is 37.6 Å². The van der Waals surface area contributed by atoms with Crippen LogP contribution in [0.25, 0.3) is 0 Å². The van der Waals surface area contributed by atoms with E-state index in [4.69, 9.17) is 0 Å². The number of allylic oxidation sites excluding steroid dienone is 1. The fourth-order valence-corrected chi connectivity index (χ4v) is 2.69. The Hall–Kier alpha value is -1.08. The van der Waals surface area contributed by atoms with Crippen molar-refractivity contribution in [1.29, 1.82) is 0 Å². The van der Waals surface area contributed by atoms with Gasteiger partial charge in [0.2, 0.25) is 0 Å². The quantitative estimate of drug-likeness (QED) is 0.567. The Morgan fingerprint density at radius 2 is 2.31 bits per heavy atom. The van der Waals surface area contributed by atoms with E-state index in [1.165, 1.54) is 24.8 Å². The molecule has 0 amide bonds. The molecule has 0 aliphatic heterocycles. The molecule has 86 valence electrons. The summed E-state index contributed by atoms with van der Waals surface area (Å²) in [6.07, 6.45) is 6.89. The second-order valence-corrected chi connectivity index (χ2v) is 4.62. The second-order valence-electron chi connectivity index (χ2n) is 4.62. The zero-order valence-corrected chi connectivity index (χ0v) is 10.1. The van der Waals surface area contributed by atoms with E-state index in [1.807, 2.05) is 6.08 Å². The van der Waals surface area contributed by atoms with Gasteiger partial charge in [-0.25, -0.2) is 0 Å². The Morgan fingerprint density at radius 1 is 1.50 bits per heavy atom. The standard InChI is InChI=1S/C15H21N/c1-3-4-5-10-15(16-2)14-11-12-8-6-7-9-13(12)14/h3,6-9,14-16H,1,4-5,10-11H2,2H3. The first-order valence-corrected chi connectivity index (χ1v) is 6.22. The van der Waals surface area contributed by atoms with Gasteiger partial charge in [0.05, 0.1) is 0 Å². The van der Waals surface area contributed by atoms with E-state index < -0.39 is 0 Å². The molecular weight excluding hydrogens is 194 g/mol. The van der Waals surface area contributed by atoms with Crippen molar-refractivity contribution in [3.05, 3.63) is 48.0 Å². The minimum Gasteiger partial charge on any atom is -0.316 e. The van der Waals surface area contributed by atoms with E-state index in [-0.39, 0.29) is 0 Å². The molecule has 1 heteroatoms. The first kappa shape index (κ1) is 11.4. The van der Waals surface area contributed by atoms with E-state index in [0.717, 1.165) is 12.3 Å². The molecule has 1 aromatic rings. The Morgan fingerprint density at radius 3 is 3.00 bits per heavy atom. The number of benzene rings is 1. The molecule has 0 fully saturated rings. The van der Waals surface area contributed by atoms with Crippen LogP contribution in [0.2, 0.25) is 0 Å². The molecule has 1 aliphatic carbocycles. The molecule has 0 saturated carbocycles. The lowest BCUT2D eigenvalue weighted by atomic mass is 9.72. The largest absolute Gasteiger partial charge is 0.316 e. The van der Waals surface area contributed by atoms with E-state index in [2.05, 4.69) is 43.2 Å². The lowest BCUT2D eigenvalue weighted by Gasteiger charge is -2.36. The number of likely N-dealkylation sites (N-methyl/N-ethyl adjacent to an activating group) is 1. The summed E-state index contributed by atoms with van der Waals surface area (Å²) in [5, 5.41) is 3.47. The summed E-state index contributed by atoms with van der Waals surface area (Å²) in [5.74, 6) is 0.728. The van der Waals surface area contributed by atoms with Crippen LogP contribution in [0.3, 0.4) is 0 Å². The highest BCUT2D eigenvalue weighted by Crippen LogP contribution is 2.38.